The van der Waals surface area contributed by atoms with Crippen LogP contribution in [0.5, 0.6) is 0 Å². The molecule has 0 aliphatic rings. The predicted molar refractivity (Wildman–Crippen MR) is 77.4 cm³/mol. The SMILES string of the molecule is CC(NCCCn1ccnc1)c1cccc(Br)c1. The van der Waals surface area contributed by atoms with E-state index in [-0.39, 0.29) is 0 Å². The zero-order valence-corrected chi connectivity index (χ0v) is 12.1. The fourth-order valence-corrected chi connectivity index (χ4v) is 2.31. The number of rotatable bonds is 6. The van der Waals surface area contributed by atoms with Gasteiger partial charge in [-0.1, -0.05) is 28.1 Å². The Morgan fingerprint density at radius 3 is 3.06 bits per heavy atom. The summed E-state index contributed by atoms with van der Waals surface area (Å²) in [6.07, 6.45) is 6.78. The maximum absolute atomic E-state index is 4.03. The van der Waals surface area contributed by atoms with Crippen LogP contribution in [0.4, 0.5) is 0 Å². The average Bonchev–Trinajstić information content (AvgIpc) is 2.87. The maximum Gasteiger partial charge on any atom is 0.0945 e. The molecule has 2 aromatic rings. The summed E-state index contributed by atoms with van der Waals surface area (Å²) < 4.78 is 3.23. The van der Waals surface area contributed by atoms with Gasteiger partial charge in [-0.3, -0.25) is 0 Å². The molecule has 0 fully saturated rings. The molecule has 0 aliphatic heterocycles. The van der Waals surface area contributed by atoms with E-state index in [2.05, 4.69) is 62.0 Å². The average molecular weight is 308 g/mol. The highest BCUT2D eigenvalue weighted by Crippen LogP contribution is 2.17. The Morgan fingerprint density at radius 2 is 2.33 bits per heavy atom. The van der Waals surface area contributed by atoms with E-state index in [1.807, 2.05) is 18.7 Å². The van der Waals surface area contributed by atoms with E-state index < -0.39 is 0 Å². The highest BCUT2D eigenvalue weighted by molar-refractivity contribution is 9.10. The van der Waals surface area contributed by atoms with Crippen LogP contribution in [0.2, 0.25) is 0 Å². The van der Waals surface area contributed by atoms with Crippen LogP contribution in [0, 0.1) is 0 Å². The van der Waals surface area contributed by atoms with Gasteiger partial charge < -0.3 is 9.88 Å². The highest BCUT2D eigenvalue weighted by atomic mass is 79.9. The van der Waals surface area contributed by atoms with Crippen LogP contribution in [-0.2, 0) is 6.54 Å². The predicted octanol–water partition coefficient (Wildman–Crippen LogP) is 3.39. The minimum absolute atomic E-state index is 0.380. The summed E-state index contributed by atoms with van der Waals surface area (Å²) in [7, 11) is 0. The number of nitrogens with one attached hydrogen (secondary N) is 1. The zero-order chi connectivity index (χ0) is 12.8. The van der Waals surface area contributed by atoms with Gasteiger partial charge in [0.1, 0.15) is 0 Å². The van der Waals surface area contributed by atoms with Gasteiger partial charge in [-0.25, -0.2) is 4.98 Å². The Hall–Kier alpha value is -1.13. The fraction of sp³-hybridized carbons (Fsp3) is 0.357. The van der Waals surface area contributed by atoms with Gasteiger partial charge in [0.25, 0.3) is 0 Å². The van der Waals surface area contributed by atoms with Crippen LogP contribution in [0.25, 0.3) is 0 Å². The second-order valence-corrected chi connectivity index (χ2v) is 5.30. The molecule has 3 nitrogen and oxygen atoms in total. The van der Waals surface area contributed by atoms with Crippen molar-refractivity contribution in [1.82, 2.24) is 14.9 Å². The van der Waals surface area contributed by atoms with Gasteiger partial charge in [-0.2, -0.15) is 0 Å². The molecule has 0 aliphatic carbocycles. The number of hydrogen-bond donors (Lipinski definition) is 1. The molecule has 2 rings (SSSR count). The van der Waals surface area contributed by atoms with Crippen molar-refractivity contribution in [2.45, 2.75) is 25.9 Å². The minimum Gasteiger partial charge on any atom is -0.337 e. The molecule has 1 unspecified atom stereocenters. The normalized spacial score (nSPS) is 12.6. The first kappa shape index (κ1) is 13.3. The van der Waals surface area contributed by atoms with Gasteiger partial charge in [0.2, 0.25) is 0 Å². The molecule has 0 saturated carbocycles. The second kappa shape index (κ2) is 6.71. The molecule has 1 aromatic carbocycles. The number of hydrogen-bond acceptors (Lipinski definition) is 2. The molecule has 96 valence electrons. The molecule has 0 saturated heterocycles. The topological polar surface area (TPSA) is 29.9 Å². The standard InChI is InChI=1S/C14H18BrN3/c1-12(13-4-2-5-14(15)10-13)17-6-3-8-18-9-7-16-11-18/h2,4-5,7,9-12,17H,3,6,8H2,1H3. The van der Waals surface area contributed by atoms with Crippen LogP contribution < -0.4 is 5.32 Å². The van der Waals surface area contributed by atoms with E-state index in [4.69, 9.17) is 0 Å². The lowest BCUT2D eigenvalue weighted by Crippen LogP contribution is -2.20. The molecule has 0 bridgehead atoms. The molecule has 4 heteroatoms. The Morgan fingerprint density at radius 1 is 1.44 bits per heavy atom. The van der Waals surface area contributed by atoms with Crippen LogP contribution >= 0.6 is 15.9 Å². The highest BCUT2D eigenvalue weighted by Gasteiger charge is 2.04. The van der Waals surface area contributed by atoms with Crippen molar-refractivity contribution in [2.24, 2.45) is 0 Å². The smallest absolute Gasteiger partial charge is 0.0945 e. The Bertz CT molecular complexity index is 468. The number of imidazole rings is 1. The molecule has 0 amide bonds. The number of halogens is 1. The summed E-state index contributed by atoms with van der Waals surface area (Å²) in [5, 5.41) is 3.53. The van der Waals surface area contributed by atoms with Crippen molar-refractivity contribution in [1.29, 1.82) is 0 Å². The maximum atomic E-state index is 4.03. The number of benzene rings is 1. The zero-order valence-electron chi connectivity index (χ0n) is 10.5. The monoisotopic (exact) mass is 307 g/mol. The third-order valence-corrected chi connectivity index (χ3v) is 3.44. The largest absolute Gasteiger partial charge is 0.337 e. The molecule has 0 radical (unpaired) electrons. The lowest BCUT2D eigenvalue weighted by molar-refractivity contribution is 0.526. The molecule has 0 spiro atoms. The number of nitrogens with zero attached hydrogens (tertiary/aromatic N) is 2. The second-order valence-electron chi connectivity index (χ2n) is 4.38. The van der Waals surface area contributed by atoms with Crippen LogP contribution in [0.1, 0.15) is 24.9 Å². The number of aryl methyl sites for hydroxylation is 1. The Balaban J connectivity index is 1.73. The first-order valence-electron chi connectivity index (χ1n) is 6.20. The van der Waals surface area contributed by atoms with Crippen LogP contribution in [0.3, 0.4) is 0 Å². The van der Waals surface area contributed by atoms with Crippen molar-refractivity contribution in [2.75, 3.05) is 6.54 Å². The van der Waals surface area contributed by atoms with E-state index in [1.165, 1.54) is 5.56 Å². The quantitative estimate of drug-likeness (QED) is 0.829. The van der Waals surface area contributed by atoms with Gasteiger partial charge in [0.15, 0.2) is 0 Å². The third-order valence-electron chi connectivity index (χ3n) is 2.95. The van der Waals surface area contributed by atoms with Crippen LogP contribution in [-0.4, -0.2) is 16.1 Å². The fourth-order valence-electron chi connectivity index (χ4n) is 1.89. The van der Waals surface area contributed by atoms with Gasteiger partial charge in [-0.15, -0.1) is 0 Å². The molecule has 1 atom stereocenters. The van der Waals surface area contributed by atoms with Crippen molar-refractivity contribution in [3.05, 3.63) is 53.0 Å². The van der Waals surface area contributed by atoms with E-state index in [0.717, 1.165) is 24.0 Å². The first-order valence-corrected chi connectivity index (χ1v) is 6.99. The van der Waals surface area contributed by atoms with Gasteiger partial charge in [0.05, 0.1) is 6.33 Å². The Kier molecular flexibility index (Phi) is 4.96. The third kappa shape index (κ3) is 3.96. The molecule has 18 heavy (non-hydrogen) atoms. The van der Waals surface area contributed by atoms with Crippen molar-refractivity contribution < 1.29 is 0 Å². The lowest BCUT2D eigenvalue weighted by Gasteiger charge is -2.14. The summed E-state index contributed by atoms with van der Waals surface area (Å²) in [6, 6.07) is 8.81. The minimum atomic E-state index is 0.380. The molecule has 1 N–H and O–H groups in total. The molecule has 1 heterocycles. The van der Waals surface area contributed by atoms with Crippen molar-refractivity contribution in [3.63, 3.8) is 0 Å². The van der Waals surface area contributed by atoms with E-state index in [1.54, 1.807) is 0 Å². The van der Waals surface area contributed by atoms with Crippen molar-refractivity contribution in [3.8, 4) is 0 Å². The lowest BCUT2D eigenvalue weighted by atomic mass is 10.1. The summed E-state index contributed by atoms with van der Waals surface area (Å²) in [4.78, 5) is 4.03. The van der Waals surface area contributed by atoms with E-state index in [9.17, 15) is 0 Å². The molecular weight excluding hydrogens is 290 g/mol. The van der Waals surface area contributed by atoms with E-state index in [0.29, 0.717) is 6.04 Å². The Labute approximate surface area is 116 Å². The van der Waals surface area contributed by atoms with Crippen LogP contribution in [0.15, 0.2) is 47.5 Å². The first-order chi connectivity index (χ1) is 8.75. The summed E-state index contributed by atoms with van der Waals surface area (Å²) in [5.41, 5.74) is 1.31. The summed E-state index contributed by atoms with van der Waals surface area (Å²) in [6.45, 7) is 4.21. The van der Waals surface area contributed by atoms with Gasteiger partial charge in [0, 0.05) is 29.5 Å². The van der Waals surface area contributed by atoms with Gasteiger partial charge in [-0.05, 0) is 37.6 Å². The van der Waals surface area contributed by atoms with Gasteiger partial charge >= 0.3 is 0 Å². The summed E-state index contributed by atoms with van der Waals surface area (Å²) in [5.74, 6) is 0. The summed E-state index contributed by atoms with van der Waals surface area (Å²) >= 11 is 3.50. The molecule has 1 aromatic heterocycles. The van der Waals surface area contributed by atoms with E-state index >= 15 is 0 Å². The van der Waals surface area contributed by atoms with Crippen molar-refractivity contribution >= 4 is 15.9 Å². The molecular formula is C14H18BrN3. The number of aromatic nitrogens is 2.